The molecule has 0 fully saturated rings. The first-order chi connectivity index (χ1) is 11.1. The first-order valence-corrected chi connectivity index (χ1v) is 6.98. The van der Waals surface area contributed by atoms with Gasteiger partial charge < -0.3 is 20.1 Å². The number of hydrogen-bond acceptors (Lipinski definition) is 5. The molecule has 0 heterocycles. The van der Waals surface area contributed by atoms with E-state index in [-0.39, 0.29) is 12.5 Å². The fourth-order valence-corrected chi connectivity index (χ4v) is 1.90. The third kappa shape index (κ3) is 4.74. The molecule has 0 bridgehead atoms. The molecule has 6 heteroatoms. The molecule has 0 aliphatic rings. The minimum atomic E-state index is -0.413. The Balaban J connectivity index is 1.85. The zero-order chi connectivity index (χ0) is 16.7. The number of nitrogens with one attached hydrogen (secondary N) is 2. The van der Waals surface area contributed by atoms with Crippen molar-refractivity contribution in [2.24, 2.45) is 0 Å². The minimum Gasteiger partial charge on any atom is -0.497 e. The Kier molecular flexibility index (Phi) is 5.57. The van der Waals surface area contributed by atoms with Crippen molar-refractivity contribution in [3.63, 3.8) is 0 Å². The van der Waals surface area contributed by atoms with Gasteiger partial charge in [-0.3, -0.25) is 4.79 Å². The van der Waals surface area contributed by atoms with Crippen molar-refractivity contribution in [3.8, 4) is 5.75 Å². The molecule has 120 valence electrons. The molecular weight excluding hydrogens is 296 g/mol. The number of esters is 1. The Labute approximate surface area is 134 Å². The van der Waals surface area contributed by atoms with E-state index in [1.165, 1.54) is 7.11 Å². The van der Waals surface area contributed by atoms with Crippen molar-refractivity contribution in [2.75, 3.05) is 31.4 Å². The summed E-state index contributed by atoms with van der Waals surface area (Å²) in [6, 6.07) is 13.8. The van der Waals surface area contributed by atoms with Crippen LogP contribution in [0.3, 0.4) is 0 Å². The van der Waals surface area contributed by atoms with Gasteiger partial charge in [-0.05, 0) is 48.5 Å². The molecule has 2 rings (SSSR count). The molecule has 2 aromatic carbocycles. The Hall–Kier alpha value is -3.02. The Morgan fingerprint density at radius 1 is 0.913 bits per heavy atom. The SMILES string of the molecule is COC(=O)c1ccc(NC(=O)CNc2ccc(OC)cc2)cc1. The van der Waals surface area contributed by atoms with E-state index in [9.17, 15) is 9.59 Å². The molecule has 2 N–H and O–H groups in total. The molecule has 6 nitrogen and oxygen atoms in total. The Morgan fingerprint density at radius 2 is 1.52 bits per heavy atom. The maximum absolute atomic E-state index is 11.9. The summed E-state index contributed by atoms with van der Waals surface area (Å²) in [4.78, 5) is 23.2. The van der Waals surface area contributed by atoms with Crippen LogP contribution in [0.15, 0.2) is 48.5 Å². The van der Waals surface area contributed by atoms with E-state index in [0.717, 1.165) is 11.4 Å². The second-order valence-corrected chi connectivity index (χ2v) is 4.70. The molecular formula is C17H18N2O4. The molecule has 23 heavy (non-hydrogen) atoms. The van der Waals surface area contributed by atoms with E-state index in [1.54, 1.807) is 31.4 Å². The Bertz CT molecular complexity index is 666. The van der Waals surface area contributed by atoms with Crippen LogP contribution in [-0.2, 0) is 9.53 Å². The summed E-state index contributed by atoms with van der Waals surface area (Å²) in [7, 11) is 2.92. The predicted molar refractivity (Wildman–Crippen MR) is 87.9 cm³/mol. The fraction of sp³-hybridized carbons (Fsp3) is 0.176. The zero-order valence-electron chi connectivity index (χ0n) is 13.0. The van der Waals surface area contributed by atoms with E-state index in [0.29, 0.717) is 11.3 Å². The van der Waals surface area contributed by atoms with Crippen LogP contribution in [0.1, 0.15) is 10.4 Å². The smallest absolute Gasteiger partial charge is 0.337 e. The number of hydrogen-bond donors (Lipinski definition) is 2. The van der Waals surface area contributed by atoms with E-state index in [4.69, 9.17) is 4.74 Å². The van der Waals surface area contributed by atoms with Gasteiger partial charge in [0.2, 0.25) is 5.91 Å². The van der Waals surface area contributed by atoms with E-state index < -0.39 is 5.97 Å². The molecule has 0 radical (unpaired) electrons. The van der Waals surface area contributed by atoms with Crippen LogP contribution in [0.5, 0.6) is 5.75 Å². The number of rotatable bonds is 6. The van der Waals surface area contributed by atoms with E-state index in [1.807, 2.05) is 24.3 Å². The minimum absolute atomic E-state index is 0.130. The highest BCUT2D eigenvalue weighted by molar-refractivity contribution is 5.95. The lowest BCUT2D eigenvalue weighted by Gasteiger charge is -2.09. The summed E-state index contributed by atoms with van der Waals surface area (Å²) in [5.41, 5.74) is 1.86. The van der Waals surface area contributed by atoms with Gasteiger partial charge in [0.15, 0.2) is 0 Å². The third-order valence-electron chi connectivity index (χ3n) is 3.13. The van der Waals surface area contributed by atoms with Crippen LogP contribution in [0.25, 0.3) is 0 Å². The average Bonchev–Trinajstić information content (AvgIpc) is 2.60. The second-order valence-electron chi connectivity index (χ2n) is 4.70. The molecule has 0 aliphatic heterocycles. The van der Waals surface area contributed by atoms with Gasteiger partial charge in [0.25, 0.3) is 0 Å². The van der Waals surface area contributed by atoms with Gasteiger partial charge in [-0.25, -0.2) is 4.79 Å². The Morgan fingerprint density at radius 3 is 2.09 bits per heavy atom. The summed E-state index contributed by atoms with van der Waals surface area (Å²) in [5.74, 6) is 0.154. The first-order valence-electron chi connectivity index (χ1n) is 6.98. The summed E-state index contributed by atoms with van der Waals surface area (Å²) >= 11 is 0. The van der Waals surface area contributed by atoms with E-state index >= 15 is 0 Å². The van der Waals surface area contributed by atoms with Crippen molar-refractivity contribution >= 4 is 23.3 Å². The number of methoxy groups -OCH3 is 2. The van der Waals surface area contributed by atoms with Crippen molar-refractivity contribution in [2.45, 2.75) is 0 Å². The molecule has 0 saturated heterocycles. The molecule has 0 spiro atoms. The van der Waals surface area contributed by atoms with Crippen LogP contribution in [-0.4, -0.2) is 32.6 Å². The number of anilines is 2. The molecule has 0 aliphatic carbocycles. The van der Waals surface area contributed by atoms with Gasteiger partial charge in [0.1, 0.15) is 5.75 Å². The quantitative estimate of drug-likeness (QED) is 0.801. The van der Waals surface area contributed by atoms with Crippen molar-refractivity contribution in [3.05, 3.63) is 54.1 Å². The summed E-state index contributed by atoms with van der Waals surface area (Å²) < 4.78 is 9.68. The standard InChI is InChI=1S/C17H18N2O4/c1-22-15-9-7-13(8-10-15)18-11-16(20)19-14-5-3-12(4-6-14)17(21)23-2/h3-10,18H,11H2,1-2H3,(H,19,20). The number of amides is 1. The highest BCUT2D eigenvalue weighted by atomic mass is 16.5. The van der Waals surface area contributed by atoms with Crippen LogP contribution >= 0.6 is 0 Å². The lowest BCUT2D eigenvalue weighted by molar-refractivity contribution is -0.114. The molecule has 0 unspecified atom stereocenters. The fourth-order valence-electron chi connectivity index (χ4n) is 1.90. The maximum atomic E-state index is 11.9. The van der Waals surface area contributed by atoms with Gasteiger partial charge in [-0.1, -0.05) is 0 Å². The molecule has 2 aromatic rings. The van der Waals surface area contributed by atoms with Crippen molar-refractivity contribution in [1.29, 1.82) is 0 Å². The average molecular weight is 314 g/mol. The monoisotopic (exact) mass is 314 g/mol. The topological polar surface area (TPSA) is 76.7 Å². The second kappa shape index (κ2) is 7.84. The van der Waals surface area contributed by atoms with Crippen molar-refractivity contribution in [1.82, 2.24) is 0 Å². The van der Waals surface area contributed by atoms with Crippen LogP contribution in [0.2, 0.25) is 0 Å². The normalized spacial score (nSPS) is 9.83. The predicted octanol–water partition coefficient (Wildman–Crippen LogP) is 2.53. The van der Waals surface area contributed by atoms with Gasteiger partial charge in [0.05, 0.1) is 26.3 Å². The number of carbonyl (C=O) groups is 2. The number of benzene rings is 2. The number of ether oxygens (including phenoxy) is 2. The maximum Gasteiger partial charge on any atom is 0.337 e. The zero-order valence-corrected chi connectivity index (χ0v) is 13.0. The van der Waals surface area contributed by atoms with E-state index in [2.05, 4.69) is 15.4 Å². The summed E-state index contributed by atoms with van der Waals surface area (Å²) in [6.07, 6.45) is 0. The summed E-state index contributed by atoms with van der Waals surface area (Å²) in [5, 5.41) is 5.75. The van der Waals surface area contributed by atoms with Crippen LogP contribution in [0.4, 0.5) is 11.4 Å². The van der Waals surface area contributed by atoms with Gasteiger partial charge >= 0.3 is 5.97 Å². The third-order valence-corrected chi connectivity index (χ3v) is 3.13. The highest BCUT2D eigenvalue weighted by Crippen LogP contribution is 2.15. The highest BCUT2D eigenvalue weighted by Gasteiger charge is 2.06. The van der Waals surface area contributed by atoms with Crippen LogP contribution < -0.4 is 15.4 Å². The molecule has 0 aromatic heterocycles. The summed E-state index contributed by atoms with van der Waals surface area (Å²) in [6.45, 7) is 0.130. The first kappa shape index (κ1) is 16.4. The lowest BCUT2D eigenvalue weighted by Crippen LogP contribution is -2.21. The van der Waals surface area contributed by atoms with Crippen LogP contribution in [0, 0.1) is 0 Å². The van der Waals surface area contributed by atoms with Gasteiger partial charge in [-0.2, -0.15) is 0 Å². The van der Waals surface area contributed by atoms with Gasteiger partial charge in [-0.15, -0.1) is 0 Å². The number of carbonyl (C=O) groups excluding carboxylic acids is 2. The van der Waals surface area contributed by atoms with Gasteiger partial charge in [0, 0.05) is 11.4 Å². The van der Waals surface area contributed by atoms with Crippen molar-refractivity contribution < 1.29 is 19.1 Å². The molecule has 1 amide bonds. The molecule has 0 atom stereocenters. The lowest BCUT2D eigenvalue weighted by atomic mass is 10.2. The molecule has 0 saturated carbocycles. The largest absolute Gasteiger partial charge is 0.497 e.